The lowest BCUT2D eigenvalue weighted by Crippen LogP contribution is -2.67. The molecule has 1 heterocycles. The number of carbonyl (C=O) groups excluding carboxylic acids is 2. The Bertz CT molecular complexity index is 415. The Kier molecular flexibility index (Phi) is 4.36. The number of hydrogen-bond acceptors (Lipinski definition) is 2. The first-order chi connectivity index (χ1) is 9.74. The molecule has 1 N–H and O–H groups in total. The van der Waals surface area contributed by atoms with Crippen LogP contribution < -0.4 is 5.32 Å². The lowest BCUT2D eigenvalue weighted by Gasteiger charge is -2.50. The zero-order valence-electron chi connectivity index (χ0n) is 14.2. The van der Waals surface area contributed by atoms with Crippen molar-refractivity contribution in [1.82, 2.24) is 10.2 Å². The summed E-state index contributed by atoms with van der Waals surface area (Å²) >= 11 is 0. The minimum atomic E-state index is -0.401. The molecule has 0 bridgehead atoms. The molecule has 4 nitrogen and oxygen atoms in total. The number of rotatable bonds is 4. The maximum Gasteiger partial charge on any atom is 0.246 e. The maximum atomic E-state index is 12.9. The number of amides is 2. The zero-order chi connectivity index (χ0) is 15.8. The van der Waals surface area contributed by atoms with E-state index in [1.807, 2.05) is 32.6 Å². The molecule has 1 saturated carbocycles. The summed E-state index contributed by atoms with van der Waals surface area (Å²) < 4.78 is 0. The minimum absolute atomic E-state index is 0.0163. The van der Waals surface area contributed by atoms with Gasteiger partial charge in [0.2, 0.25) is 11.8 Å². The van der Waals surface area contributed by atoms with Gasteiger partial charge in [0, 0.05) is 6.54 Å². The summed E-state index contributed by atoms with van der Waals surface area (Å²) in [5.74, 6) is 0.122. The standard InChI is InChI=1S/C17H30N2O2/c1-6-12-14(20)18-13(16(3,4)5)15(21)19(12)11-17(7-2)9-8-10-17/h12-13H,6-11H2,1-5H3,(H,18,20). The molecule has 0 aromatic rings. The average Bonchev–Trinajstić information content (AvgIpc) is 2.36. The van der Waals surface area contributed by atoms with Crippen LogP contribution in [0.5, 0.6) is 0 Å². The second-order valence-corrected chi connectivity index (χ2v) is 7.90. The van der Waals surface area contributed by atoms with Crippen molar-refractivity contribution < 1.29 is 9.59 Å². The summed E-state index contributed by atoms with van der Waals surface area (Å²) in [5.41, 5.74) is 0.00578. The average molecular weight is 294 g/mol. The fourth-order valence-corrected chi connectivity index (χ4v) is 3.60. The molecule has 1 aliphatic heterocycles. The van der Waals surface area contributed by atoms with Crippen molar-refractivity contribution in [3.63, 3.8) is 0 Å². The van der Waals surface area contributed by atoms with Gasteiger partial charge in [-0.15, -0.1) is 0 Å². The number of nitrogens with one attached hydrogen (secondary N) is 1. The lowest BCUT2D eigenvalue weighted by atomic mass is 9.66. The van der Waals surface area contributed by atoms with Crippen molar-refractivity contribution in [3.8, 4) is 0 Å². The number of piperazine rings is 1. The van der Waals surface area contributed by atoms with Crippen LogP contribution in [-0.4, -0.2) is 35.3 Å². The summed E-state index contributed by atoms with van der Waals surface area (Å²) in [6.45, 7) is 11.0. The fraction of sp³-hybridized carbons (Fsp3) is 0.882. The van der Waals surface area contributed by atoms with Crippen LogP contribution >= 0.6 is 0 Å². The molecule has 1 aliphatic carbocycles. The summed E-state index contributed by atoms with van der Waals surface area (Å²) in [5, 5.41) is 2.95. The van der Waals surface area contributed by atoms with Crippen LogP contribution in [0.2, 0.25) is 0 Å². The smallest absolute Gasteiger partial charge is 0.246 e. The van der Waals surface area contributed by atoms with Gasteiger partial charge < -0.3 is 10.2 Å². The Hall–Kier alpha value is -1.06. The van der Waals surface area contributed by atoms with Crippen molar-refractivity contribution >= 4 is 11.8 Å². The summed E-state index contributed by atoms with van der Waals surface area (Å²) in [6.07, 6.45) is 5.40. The Morgan fingerprint density at radius 1 is 1.24 bits per heavy atom. The van der Waals surface area contributed by atoms with Crippen molar-refractivity contribution in [2.24, 2.45) is 10.8 Å². The highest BCUT2D eigenvalue weighted by atomic mass is 16.2. The summed E-state index contributed by atoms with van der Waals surface area (Å²) in [7, 11) is 0. The third kappa shape index (κ3) is 2.95. The highest BCUT2D eigenvalue weighted by molar-refractivity contribution is 5.97. The maximum absolute atomic E-state index is 12.9. The van der Waals surface area contributed by atoms with E-state index < -0.39 is 6.04 Å². The van der Waals surface area contributed by atoms with E-state index in [9.17, 15) is 9.59 Å². The molecule has 2 amide bonds. The molecule has 0 aromatic carbocycles. The van der Waals surface area contributed by atoms with E-state index in [0.29, 0.717) is 6.42 Å². The molecular formula is C17H30N2O2. The highest BCUT2D eigenvalue weighted by Gasteiger charge is 2.48. The van der Waals surface area contributed by atoms with Crippen LogP contribution in [0.1, 0.15) is 66.7 Å². The number of hydrogen-bond donors (Lipinski definition) is 1. The molecule has 21 heavy (non-hydrogen) atoms. The van der Waals surface area contributed by atoms with E-state index in [1.54, 1.807) is 0 Å². The van der Waals surface area contributed by atoms with Crippen molar-refractivity contribution in [3.05, 3.63) is 0 Å². The van der Waals surface area contributed by atoms with E-state index in [0.717, 1.165) is 13.0 Å². The van der Waals surface area contributed by atoms with Gasteiger partial charge in [-0.05, 0) is 36.5 Å². The van der Waals surface area contributed by atoms with Gasteiger partial charge in [-0.2, -0.15) is 0 Å². The predicted molar refractivity (Wildman–Crippen MR) is 83.8 cm³/mol. The molecule has 2 unspecified atom stereocenters. The van der Waals surface area contributed by atoms with Crippen LogP contribution in [0, 0.1) is 10.8 Å². The fourth-order valence-electron chi connectivity index (χ4n) is 3.60. The van der Waals surface area contributed by atoms with Gasteiger partial charge in [-0.25, -0.2) is 0 Å². The van der Waals surface area contributed by atoms with Crippen LogP contribution in [-0.2, 0) is 9.59 Å². The largest absolute Gasteiger partial charge is 0.342 e. The third-order valence-electron chi connectivity index (χ3n) is 5.42. The van der Waals surface area contributed by atoms with Gasteiger partial charge in [0.05, 0.1) is 0 Å². The molecule has 0 aromatic heterocycles. The highest BCUT2D eigenvalue weighted by Crippen LogP contribution is 2.45. The minimum Gasteiger partial charge on any atom is -0.342 e. The Morgan fingerprint density at radius 3 is 2.24 bits per heavy atom. The number of nitrogens with zero attached hydrogens (tertiary/aromatic N) is 1. The van der Waals surface area contributed by atoms with Gasteiger partial charge in [-0.1, -0.05) is 41.0 Å². The van der Waals surface area contributed by atoms with Gasteiger partial charge in [0.1, 0.15) is 12.1 Å². The molecule has 0 spiro atoms. The first-order valence-electron chi connectivity index (χ1n) is 8.35. The zero-order valence-corrected chi connectivity index (χ0v) is 14.2. The summed E-state index contributed by atoms with van der Waals surface area (Å²) in [6, 6.07) is -0.693. The quantitative estimate of drug-likeness (QED) is 0.866. The first-order valence-corrected chi connectivity index (χ1v) is 8.35. The Balaban J connectivity index is 2.25. The Morgan fingerprint density at radius 2 is 1.86 bits per heavy atom. The number of carbonyl (C=O) groups is 2. The van der Waals surface area contributed by atoms with Gasteiger partial charge in [-0.3, -0.25) is 9.59 Å². The molecule has 1 saturated heterocycles. The second kappa shape index (κ2) is 5.62. The van der Waals surface area contributed by atoms with Crippen LogP contribution in [0.3, 0.4) is 0 Å². The van der Waals surface area contributed by atoms with Gasteiger partial charge >= 0.3 is 0 Å². The van der Waals surface area contributed by atoms with Crippen LogP contribution in [0.15, 0.2) is 0 Å². The van der Waals surface area contributed by atoms with E-state index >= 15 is 0 Å². The lowest BCUT2D eigenvalue weighted by molar-refractivity contribution is -0.155. The van der Waals surface area contributed by atoms with Gasteiger partial charge in [0.15, 0.2) is 0 Å². The summed E-state index contributed by atoms with van der Waals surface area (Å²) in [4.78, 5) is 27.2. The molecule has 120 valence electrons. The molecule has 2 rings (SSSR count). The molecule has 2 atom stereocenters. The second-order valence-electron chi connectivity index (χ2n) is 7.90. The van der Waals surface area contributed by atoms with Gasteiger partial charge in [0.25, 0.3) is 0 Å². The predicted octanol–water partition coefficient (Wildman–Crippen LogP) is 2.72. The third-order valence-corrected chi connectivity index (χ3v) is 5.42. The molecule has 4 heteroatoms. The Labute approximate surface area is 128 Å². The monoisotopic (exact) mass is 294 g/mol. The topological polar surface area (TPSA) is 49.4 Å². The molecule has 2 aliphatic rings. The molecule has 2 fully saturated rings. The van der Waals surface area contributed by atoms with Crippen LogP contribution in [0.25, 0.3) is 0 Å². The van der Waals surface area contributed by atoms with Crippen molar-refractivity contribution in [2.45, 2.75) is 78.8 Å². The SMILES string of the molecule is CCC1C(=O)NC(C(C)(C)C)C(=O)N1CC1(CC)CCC1. The first kappa shape index (κ1) is 16.3. The molecular weight excluding hydrogens is 264 g/mol. The van der Waals surface area contributed by atoms with Crippen molar-refractivity contribution in [1.29, 1.82) is 0 Å². The van der Waals surface area contributed by atoms with E-state index in [1.165, 1.54) is 19.3 Å². The molecule has 0 radical (unpaired) electrons. The van der Waals surface area contributed by atoms with E-state index in [2.05, 4.69) is 12.2 Å². The van der Waals surface area contributed by atoms with E-state index in [4.69, 9.17) is 0 Å². The van der Waals surface area contributed by atoms with Crippen LogP contribution in [0.4, 0.5) is 0 Å². The van der Waals surface area contributed by atoms with Crippen molar-refractivity contribution in [2.75, 3.05) is 6.54 Å². The normalized spacial score (nSPS) is 29.1. The van der Waals surface area contributed by atoms with E-state index in [-0.39, 0.29) is 28.7 Å².